The third-order valence-corrected chi connectivity index (χ3v) is 2.81. The zero-order valence-corrected chi connectivity index (χ0v) is 11.3. The van der Waals surface area contributed by atoms with E-state index in [1.165, 1.54) is 11.0 Å². The predicted octanol–water partition coefficient (Wildman–Crippen LogP) is 2.15. The standard InChI is InChI=1S/C11H13FINO2/c1-14(5-6-16-2)11(15)9-7-8(13)3-4-10(9)12/h3-4,7H,5-6H2,1-2H3. The van der Waals surface area contributed by atoms with Crippen molar-refractivity contribution in [2.75, 3.05) is 27.3 Å². The van der Waals surface area contributed by atoms with Crippen LogP contribution in [0.2, 0.25) is 0 Å². The van der Waals surface area contributed by atoms with Gasteiger partial charge in [0.2, 0.25) is 0 Å². The van der Waals surface area contributed by atoms with Crippen LogP contribution in [-0.2, 0) is 4.74 Å². The predicted molar refractivity (Wildman–Crippen MR) is 68.0 cm³/mol. The molecule has 88 valence electrons. The molecule has 0 fully saturated rings. The van der Waals surface area contributed by atoms with E-state index in [1.54, 1.807) is 26.3 Å². The van der Waals surface area contributed by atoms with Gasteiger partial charge >= 0.3 is 0 Å². The lowest BCUT2D eigenvalue weighted by atomic mass is 10.2. The Morgan fingerprint density at radius 3 is 2.88 bits per heavy atom. The fourth-order valence-electron chi connectivity index (χ4n) is 1.20. The van der Waals surface area contributed by atoms with Gasteiger partial charge in [-0.05, 0) is 40.8 Å². The van der Waals surface area contributed by atoms with Crippen molar-refractivity contribution in [3.63, 3.8) is 0 Å². The van der Waals surface area contributed by atoms with Gasteiger partial charge < -0.3 is 9.64 Å². The lowest BCUT2D eigenvalue weighted by Gasteiger charge is -2.17. The molecular weight excluding hydrogens is 324 g/mol. The summed E-state index contributed by atoms with van der Waals surface area (Å²) >= 11 is 2.05. The van der Waals surface area contributed by atoms with Crippen LogP contribution in [0.4, 0.5) is 4.39 Å². The molecule has 0 N–H and O–H groups in total. The van der Waals surface area contributed by atoms with Crippen molar-refractivity contribution in [2.24, 2.45) is 0 Å². The second kappa shape index (κ2) is 6.15. The van der Waals surface area contributed by atoms with E-state index in [1.807, 2.05) is 22.6 Å². The molecular formula is C11H13FINO2. The minimum Gasteiger partial charge on any atom is -0.383 e. The maximum Gasteiger partial charge on any atom is 0.256 e. The van der Waals surface area contributed by atoms with Gasteiger partial charge in [0.05, 0.1) is 12.2 Å². The van der Waals surface area contributed by atoms with Crippen LogP contribution in [0.1, 0.15) is 10.4 Å². The number of benzene rings is 1. The maximum atomic E-state index is 13.4. The minimum atomic E-state index is -0.491. The highest BCUT2D eigenvalue weighted by Crippen LogP contribution is 2.14. The molecule has 0 aliphatic rings. The molecule has 3 nitrogen and oxygen atoms in total. The summed E-state index contributed by atoms with van der Waals surface area (Å²) in [5.74, 6) is -0.817. The van der Waals surface area contributed by atoms with Crippen LogP contribution in [0.3, 0.4) is 0 Å². The quantitative estimate of drug-likeness (QED) is 0.788. The third kappa shape index (κ3) is 3.41. The summed E-state index contributed by atoms with van der Waals surface area (Å²) in [6.07, 6.45) is 0. The number of hydrogen-bond acceptors (Lipinski definition) is 2. The molecule has 0 aliphatic heterocycles. The lowest BCUT2D eigenvalue weighted by molar-refractivity contribution is 0.0739. The van der Waals surface area contributed by atoms with Crippen LogP contribution in [-0.4, -0.2) is 38.1 Å². The molecule has 1 rings (SSSR count). The highest BCUT2D eigenvalue weighted by Gasteiger charge is 2.15. The van der Waals surface area contributed by atoms with Gasteiger partial charge in [0.25, 0.3) is 5.91 Å². The summed E-state index contributed by atoms with van der Waals surface area (Å²) in [7, 11) is 3.19. The lowest BCUT2D eigenvalue weighted by Crippen LogP contribution is -2.30. The number of likely N-dealkylation sites (N-methyl/N-ethyl adjacent to an activating group) is 1. The van der Waals surface area contributed by atoms with Gasteiger partial charge in [0.15, 0.2) is 0 Å². The smallest absolute Gasteiger partial charge is 0.256 e. The Bertz CT molecular complexity index is 384. The van der Waals surface area contributed by atoms with Gasteiger partial charge in [-0.1, -0.05) is 0 Å². The Balaban J connectivity index is 2.83. The first-order chi connectivity index (χ1) is 7.56. The number of methoxy groups -OCH3 is 1. The monoisotopic (exact) mass is 337 g/mol. The molecule has 0 unspecified atom stereocenters. The zero-order chi connectivity index (χ0) is 12.1. The van der Waals surface area contributed by atoms with E-state index >= 15 is 0 Å². The molecule has 0 bridgehead atoms. The zero-order valence-electron chi connectivity index (χ0n) is 9.17. The first kappa shape index (κ1) is 13.4. The van der Waals surface area contributed by atoms with E-state index in [0.29, 0.717) is 13.2 Å². The largest absolute Gasteiger partial charge is 0.383 e. The van der Waals surface area contributed by atoms with Crippen molar-refractivity contribution in [2.45, 2.75) is 0 Å². The van der Waals surface area contributed by atoms with Crippen molar-refractivity contribution in [1.82, 2.24) is 4.90 Å². The van der Waals surface area contributed by atoms with Crippen molar-refractivity contribution in [1.29, 1.82) is 0 Å². The summed E-state index contributed by atoms with van der Waals surface area (Å²) in [5, 5.41) is 0. The van der Waals surface area contributed by atoms with Gasteiger partial charge in [-0.15, -0.1) is 0 Å². The Morgan fingerprint density at radius 2 is 2.25 bits per heavy atom. The number of nitrogens with zero attached hydrogens (tertiary/aromatic N) is 1. The van der Waals surface area contributed by atoms with E-state index in [9.17, 15) is 9.18 Å². The first-order valence-electron chi connectivity index (χ1n) is 4.75. The van der Waals surface area contributed by atoms with Crippen molar-refractivity contribution in [3.05, 3.63) is 33.1 Å². The van der Waals surface area contributed by atoms with E-state index in [4.69, 9.17) is 4.74 Å². The van der Waals surface area contributed by atoms with Crippen LogP contribution >= 0.6 is 22.6 Å². The molecule has 0 spiro atoms. The van der Waals surface area contributed by atoms with Crippen LogP contribution in [0.25, 0.3) is 0 Å². The average molecular weight is 337 g/mol. The third-order valence-electron chi connectivity index (χ3n) is 2.14. The molecule has 1 aromatic carbocycles. The second-order valence-corrected chi connectivity index (χ2v) is 4.59. The molecule has 16 heavy (non-hydrogen) atoms. The summed E-state index contributed by atoms with van der Waals surface area (Å²) in [6, 6.07) is 4.47. The van der Waals surface area contributed by atoms with Gasteiger partial charge in [-0.25, -0.2) is 4.39 Å². The van der Waals surface area contributed by atoms with Crippen LogP contribution in [0.5, 0.6) is 0 Å². The van der Waals surface area contributed by atoms with Gasteiger partial charge in [0.1, 0.15) is 5.82 Å². The number of hydrogen-bond donors (Lipinski definition) is 0. The minimum absolute atomic E-state index is 0.102. The molecule has 0 saturated heterocycles. The van der Waals surface area contributed by atoms with Crippen molar-refractivity contribution < 1.29 is 13.9 Å². The molecule has 0 aromatic heterocycles. The molecule has 1 amide bonds. The SMILES string of the molecule is COCCN(C)C(=O)c1cc(I)ccc1F. The summed E-state index contributed by atoms with van der Waals surface area (Å²) in [5.41, 5.74) is 0.102. The van der Waals surface area contributed by atoms with E-state index in [2.05, 4.69) is 0 Å². The highest BCUT2D eigenvalue weighted by atomic mass is 127. The van der Waals surface area contributed by atoms with Crippen LogP contribution in [0.15, 0.2) is 18.2 Å². The number of carbonyl (C=O) groups excluding carboxylic acids is 1. The average Bonchev–Trinajstić information content (AvgIpc) is 2.28. The Kier molecular flexibility index (Phi) is 5.14. The molecule has 1 aromatic rings. The van der Waals surface area contributed by atoms with Crippen LogP contribution < -0.4 is 0 Å². The molecule has 0 atom stereocenters. The Hall–Kier alpha value is -0.690. The number of carbonyl (C=O) groups is 1. The fourth-order valence-corrected chi connectivity index (χ4v) is 1.69. The number of ether oxygens (including phenoxy) is 1. The van der Waals surface area contributed by atoms with Crippen molar-refractivity contribution in [3.8, 4) is 0 Å². The number of halogens is 2. The second-order valence-electron chi connectivity index (χ2n) is 3.34. The Labute approximate surface area is 108 Å². The maximum absolute atomic E-state index is 13.4. The van der Waals surface area contributed by atoms with Crippen LogP contribution in [0, 0.1) is 9.39 Å². The molecule has 5 heteroatoms. The van der Waals surface area contributed by atoms with E-state index in [-0.39, 0.29) is 11.5 Å². The number of amides is 1. The normalized spacial score (nSPS) is 10.2. The first-order valence-corrected chi connectivity index (χ1v) is 5.83. The van der Waals surface area contributed by atoms with Gasteiger partial charge in [-0.2, -0.15) is 0 Å². The molecule has 0 radical (unpaired) electrons. The summed E-state index contributed by atoms with van der Waals surface area (Å²) < 4.78 is 19.1. The fraction of sp³-hybridized carbons (Fsp3) is 0.364. The molecule has 0 heterocycles. The highest BCUT2D eigenvalue weighted by molar-refractivity contribution is 14.1. The number of rotatable bonds is 4. The van der Waals surface area contributed by atoms with E-state index < -0.39 is 5.82 Å². The Morgan fingerprint density at radius 1 is 1.56 bits per heavy atom. The molecule has 0 saturated carbocycles. The summed E-state index contributed by atoms with van der Waals surface area (Å²) in [4.78, 5) is 13.3. The molecule has 0 aliphatic carbocycles. The van der Waals surface area contributed by atoms with Gasteiger partial charge in [-0.3, -0.25) is 4.79 Å². The summed E-state index contributed by atoms with van der Waals surface area (Å²) in [6.45, 7) is 0.883. The van der Waals surface area contributed by atoms with Gasteiger partial charge in [0, 0.05) is 24.3 Å². The van der Waals surface area contributed by atoms with E-state index in [0.717, 1.165) is 3.57 Å². The topological polar surface area (TPSA) is 29.5 Å². The van der Waals surface area contributed by atoms with Crippen molar-refractivity contribution >= 4 is 28.5 Å².